The van der Waals surface area contributed by atoms with E-state index in [9.17, 15) is 18.0 Å². The van der Waals surface area contributed by atoms with Crippen LogP contribution in [0.1, 0.15) is 30.5 Å². The van der Waals surface area contributed by atoms with Gasteiger partial charge in [0.25, 0.3) is 0 Å². The Hall–Kier alpha value is -1.04. The van der Waals surface area contributed by atoms with Crippen molar-refractivity contribution in [3.8, 4) is 0 Å². The molecule has 6 heteroatoms. The van der Waals surface area contributed by atoms with E-state index in [1.54, 1.807) is 17.9 Å². The number of carbonyl (C=O) groups excluding carboxylic acids is 1. The first-order chi connectivity index (χ1) is 9.32. The van der Waals surface area contributed by atoms with Gasteiger partial charge in [-0.25, -0.2) is 0 Å². The van der Waals surface area contributed by atoms with Crippen LogP contribution in [0.4, 0.5) is 13.2 Å². The molecule has 0 aromatic heterocycles. The van der Waals surface area contributed by atoms with E-state index in [0.717, 1.165) is 17.5 Å². The molecule has 2 rings (SSSR count). The molecule has 1 amide bonds. The molecule has 20 heavy (non-hydrogen) atoms. The predicted octanol–water partition coefficient (Wildman–Crippen LogP) is 4.01. The Bertz CT molecular complexity index is 503. The molecule has 2 unspecified atom stereocenters. The third kappa shape index (κ3) is 3.16. The number of hydrogen-bond acceptors (Lipinski definition) is 1. The third-order valence-electron chi connectivity index (χ3n) is 3.62. The lowest BCUT2D eigenvalue weighted by atomic mass is 10.0. The van der Waals surface area contributed by atoms with E-state index in [1.165, 1.54) is 6.07 Å². The number of likely N-dealkylation sites (tertiary alicyclic amines) is 1. The summed E-state index contributed by atoms with van der Waals surface area (Å²) in [4.78, 5) is 13.6. The van der Waals surface area contributed by atoms with Gasteiger partial charge in [-0.2, -0.15) is 13.2 Å². The largest absolute Gasteiger partial charge is 0.416 e. The molecule has 1 fully saturated rings. The molecular formula is C14H15BrF3NO. The summed E-state index contributed by atoms with van der Waals surface area (Å²) >= 11 is 3.35. The van der Waals surface area contributed by atoms with Crippen molar-refractivity contribution in [2.24, 2.45) is 5.92 Å². The topological polar surface area (TPSA) is 20.3 Å². The fraction of sp³-hybridized carbons (Fsp3) is 0.500. The van der Waals surface area contributed by atoms with E-state index in [1.807, 2.05) is 0 Å². The Morgan fingerprint density at radius 3 is 2.70 bits per heavy atom. The zero-order valence-electron chi connectivity index (χ0n) is 11.0. The van der Waals surface area contributed by atoms with E-state index in [2.05, 4.69) is 15.9 Å². The normalized spacial score (nSPS) is 21.4. The zero-order valence-corrected chi connectivity index (χ0v) is 12.5. The maximum absolute atomic E-state index is 12.7. The second-order valence-corrected chi connectivity index (χ2v) is 5.72. The van der Waals surface area contributed by atoms with Gasteiger partial charge in [0.2, 0.25) is 5.91 Å². The first-order valence-electron chi connectivity index (χ1n) is 6.35. The van der Waals surface area contributed by atoms with Gasteiger partial charge in [0.1, 0.15) is 0 Å². The molecule has 1 heterocycles. The van der Waals surface area contributed by atoms with Crippen molar-refractivity contribution >= 4 is 21.8 Å². The lowest BCUT2D eigenvalue weighted by Crippen LogP contribution is -2.28. The molecule has 1 aromatic rings. The molecule has 0 aliphatic carbocycles. The molecule has 1 saturated heterocycles. The summed E-state index contributed by atoms with van der Waals surface area (Å²) in [5, 5.41) is 0.727. The summed E-state index contributed by atoms with van der Waals surface area (Å²) in [6.07, 6.45) is -3.91. The molecule has 1 aliphatic rings. The van der Waals surface area contributed by atoms with Crippen LogP contribution in [0, 0.1) is 5.92 Å². The van der Waals surface area contributed by atoms with Crippen LogP contribution >= 0.6 is 15.9 Å². The summed E-state index contributed by atoms with van der Waals surface area (Å²) in [5.74, 6) is 0.232. The summed E-state index contributed by atoms with van der Waals surface area (Å²) in [7, 11) is 0. The van der Waals surface area contributed by atoms with Gasteiger partial charge in [-0.1, -0.05) is 28.1 Å². The molecule has 0 N–H and O–H groups in total. The van der Waals surface area contributed by atoms with Gasteiger partial charge in [0.05, 0.1) is 11.6 Å². The standard InChI is InChI=1S/C14H15BrF3NO/c1-9(19-8-10(7-15)5-13(19)20)11-3-2-4-12(6-11)14(16,17)18/h2-4,6,9-10H,5,7-8H2,1H3. The maximum Gasteiger partial charge on any atom is 0.416 e. The van der Waals surface area contributed by atoms with Crippen molar-refractivity contribution < 1.29 is 18.0 Å². The average Bonchev–Trinajstić information content (AvgIpc) is 2.78. The molecule has 2 atom stereocenters. The van der Waals surface area contributed by atoms with Gasteiger partial charge in [0, 0.05) is 18.3 Å². The Morgan fingerprint density at radius 2 is 2.15 bits per heavy atom. The molecule has 0 spiro atoms. The minimum atomic E-state index is -4.36. The van der Waals surface area contributed by atoms with Gasteiger partial charge >= 0.3 is 6.18 Å². The third-order valence-corrected chi connectivity index (χ3v) is 4.54. The number of amides is 1. The molecular weight excluding hydrogens is 335 g/mol. The van der Waals surface area contributed by atoms with Crippen molar-refractivity contribution in [3.63, 3.8) is 0 Å². The molecule has 110 valence electrons. The minimum absolute atomic E-state index is 0.000591. The quantitative estimate of drug-likeness (QED) is 0.755. The number of carbonyl (C=O) groups is 1. The summed E-state index contributed by atoms with van der Waals surface area (Å²) in [6, 6.07) is 4.85. The lowest BCUT2D eigenvalue weighted by Gasteiger charge is -2.25. The highest BCUT2D eigenvalue weighted by atomic mass is 79.9. The Balaban J connectivity index is 2.21. The Kier molecular flexibility index (Phi) is 4.42. The number of nitrogens with zero attached hydrogens (tertiary/aromatic N) is 1. The van der Waals surface area contributed by atoms with E-state index in [0.29, 0.717) is 18.5 Å². The summed E-state index contributed by atoms with van der Waals surface area (Å²) in [6.45, 7) is 2.35. The van der Waals surface area contributed by atoms with Crippen LogP contribution in [0.15, 0.2) is 24.3 Å². The fourth-order valence-corrected chi connectivity index (χ4v) is 2.87. The van der Waals surface area contributed by atoms with Crippen LogP contribution in [0.3, 0.4) is 0 Å². The van der Waals surface area contributed by atoms with E-state index in [4.69, 9.17) is 0 Å². The first kappa shape index (κ1) is 15.4. The van der Waals surface area contributed by atoms with Gasteiger partial charge in [-0.15, -0.1) is 0 Å². The summed E-state index contributed by atoms with van der Waals surface area (Å²) < 4.78 is 38.1. The molecule has 1 aromatic carbocycles. The number of alkyl halides is 4. The number of rotatable bonds is 3. The Labute approximate surface area is 124 Å². The average molecular weight is 350 g/mol. The predicted molar refractivity (Wildman–Crippen MR) is 73.5 cm³/mol. The van der Waals surface area contributed by atoms with Crippen LogP contribution in [-0.2, 0) is 11.0 Å². The smallest absolute Gasteiger partial charge is 0.336 e. The Morgan fingerprint density at radius 1 is 1.45 bits per heavy atom. The van der Waals surface area contributed by atoms with Crippen LogP contribution in [0.5, 0.6) is 0 Å². The van der Waals surface area contributed by atoms with Crippen molar-refractivity contribution in [2.45, 2.75) is 25.6 Å². The molecule has 0 bridgehead atoms. The van der Waals surface area contributed by atoms with Crippen LogP contribution in [0.2, 0.25) is 0 Å². The summed E-state index contributed by atoms with van der Waals surface area (Å²) in [5.41, 5.74) is -0.158. The number of hydrogen-bond donors (Lipinski definition) is 0. The lowest BCUT2D eigenvalue weighted by molar-refractivity contribution is -0.137. The number of benzene rings is 1. The van der Waals surface area contributed by atoms with E-state index in [-0.39, 0.29) is 17.9 Å². The SMILES string of the molecule is CC(c1cccc(C(F)(F)F)c1)N1CC(CBr)CC1=O. The van der Waals surface area contributed by atoms with Crippen molar-refractivity contribution in [1.82, 2.24) is 4.90 Å². The highest BCUT2D eigenvalue weighted by Gasteiger charge is 2.34. The highest BCUT2D eigenvalue weighted by Crippen LogP contribution is 2.33. The van der Waals surface area contributed by atoms with Crippen LogP contribution < -0.4 is 0 Å². The highest BCUT2D eigenvalue weighted by molar-refractivity contribution is 9.09. The number of halogens is 4. The van der Waals surface area contributed by atoms with Crippen LogP contribution in [-0.4, -0.2) is 22.7 Å². The van der Waals surface area contributed by atoms with Gasteiger partial charge < -0.3 is 4.90 Å². The second-order valence-electron chi connectivity index (χ2n) is 5.07. The van der Waals surface area contributed by atoms with Gasteiger partial charge in [0.15, 0.2) is 0 Å². The molecule has 0 saturated carbocycles. The maximum atomic E-state index is 12.7. The molecule has 2 nitrogen and oxygen atoms in total. The molecule has 0 radical (unpaired) electrons. The van der Waals surface area contributed by atoms with Crippen molar-refractivity contribution in [2.75, 3.05) is 11.9 Å². The fourth-order valence-electron chi connectivity index (χ4n) is 2.44. The molecule has 1 aliphatic heterocycles. The van der Waals surface area contributed by atoms with Gasteiger partial charge in [-0.3, -0.25) is 4.79 Å². The zero-order chi connectivity index (χ0) is 14.9. The van der Waals surface area contributed by atoms with Crippen molar-refractivity contribution in [1.29, 1.82) is 0 Å². The van der Waals surface area contributed by atoms with Crippen molar-refractivity contribution in [3.05, 3.63) is 35.4 Å². The van der Waals surface area contributed by atoms with Gasteiger partial charge in [-0.05, 0) is 30.5 Å². The van der Waals surface area contributed by atoms with Crippen LogP contribution in [0.25, 0.3) is 0 Å². The minimum Gasteiger partial charge on any atom is -0.336 e. The second kappa shape index (κ2) is 5.76. The van der Waals surface area contributed by atoms with E-state index < -0.39 is 11.7 Å². The van der Waals surface area contributed by atoms with E-state index >= 15 is 0 Å². The first-order valence-corrected chi connectivity index (χ1v) is 7.47. The monoisotopic (exact) mass is 349 g/mol.